The summed E-state index contributed by atoms with van der Waals surface area (Å²) in [5, 5.41) is 5.60. The Hall–Kier alpha value is -2.57. The quantitative estimate of drug-likeness (QED) is 0.871. The molecule has 1 aliphatic rings. The molecule has 1 saturated heterocycles. The van der Waals surface area contributed by atoms with E-state index >= 15 is 0 Å². The lowest BCUT2D eigenvalue weighted by Crippen LogP contribution is -2.39. The SMILES string of the molecule is COC(=O)N1CC[C@H](NC(=O)Cc2ccc(NC(C)=O)cc2)C1. The summed E-state index contributed by atoms with van der Waals surface area (Å²) in [6, 6.07) is 7.10. The molecule has 1 aromatic rings. The number of ether oxygens (including phenoxy) is 1. The predicted octanol–water partition coefficient (Wildman–Crippen LogP) is 1.14. The van der Waals surface area contributed by atoms with Crippen molar-refractivity contribution >= 4 is 23.6 Å². The van der Waals surface area contributed by atoms with E-state index in [1.54, 1.807) is 29.2 Å². The Labute approximate surface area is 135 Å². The summed E-state index contributed by atoms with van der Waals surface area (Å²) in [4.78, 5) is 36.0. The number of carbonyl (C=O) groups is 3. The van der Waals surface area contributed by atoms with E-state index in [1.165, 1.54) is 14.0 Å². The summed E-state index contributed by atoms with van der Waals surface area (Å²) < 4.78 is 4.67. The van der Waals surface area contributed by atoms with Crippen LogP contribution in [0.15, 0.2) is 24.3 Å². The van der Waals surface area contributed by atoms with E-state index in [1.807, 2.05) is 0 Å². The van der Waals surface area contributed by atoms with Crippen LogP contribution in [0.3, 0.4) is 0 Å². The Morgan fingerprint density at radius 2 is 1.96 bits per heavy atom. The zero-order valence-corrected chi connectivity index (χ0v) is 13.3. The van der Waals surface area contributed by atoms with Gasteiger partial charge < -0.3 is 20.3 Å². The number of likely N-dealkylation sites (tertiary alicyclic amines) is 1. The van der Waals surface area contributed by atoms with Crippen LogP contribution in [0.2, 0.25) is 0 Å². The van der Waals surface area contributed by atoms with Crippen LogP contribution in [0.1, 0.15) is 18.9 Å². The van der Waals surface area contributed by atoms with Crippen molar-refractivity contribution in [1.29, 1.82) is 0 Å². The molecular weight excluding hydrogens is 298 g/mol. The van der Waals surface area contributed by atoms with Crippen molar-refractivity contribution < 1.29 is 19.1 Å². The molecule has 0 radical (unpaired) electrons. The Balaban J connectivity index is 1.81. The van der Waals surface area contributed by atoms with Crippen molar-refractivity contribution in [3.8, 4) is 0 Å². The number of benzene rings is 1. The van der Waals surface area contributed by atoms with Crippen LogP contribution in [-0.4, -0.2) is 49.0 Å². The monoisotopic (exact) mass is 319 g/mol. The lowest BCUT2D eigenvalue weighted by Gasteiger charge is -2.15. The number of rotatable bonds is 4. The molecule has 0 bridgehead atoms. The number of amides is 3. The zero-order valence-electron chi connectivity index (χ0n) is 13.3. The number of carbonyl (C=O) groups excluding carboxylic acids is 3. The summed E-state index contributed by atoms with van der Waals surface area (Å²) in [7, 11) is 1.35. The smallest absolute Gasteiger partial charge is 0.409 e. The highest BCUT2D eigenvalue weighted by molar-refractivity contribution is 5.88. The van der Waals surface area contributed by atoms with Gasteiger partial charge in [0.1, 0.15) is 0 Å². The summed E-state index contributed by atoms with van der Waals surface area (Å²) in [5.41, 5.74) is 1.56. The molecule has 7 heteroatoms. The van der Waals surface area contributed by atoms with Gasteiger partial charge in [-0.1, -0.05) is 12.1 Å². The summed E-state index contributed by atoms with van der Waals surface area (Å²) in [6.45, 7) is 2.50. The van der Waals surface area contributed by atoms with Gasteiger partial charge in [-0.15, -0.1) is 0 Å². The van der Waals surface area contributed by atoms with Crippen molar-refractivity contribution in [2.75, 3.05) is 25.5 Å². The molecule has 7 nitrogen and oxygen atoms in total. The zero-order chi connectivity index (χ0) is 16.8. The summed E-state index contributed by atoms with van der Waals surface area (Å²) >= 11 is 0. The van der Waals surface area contributed by atoms with Crippen molar-refractivity contribution in [2.24, 2.45) is 0 Å². The van der Waals surface area contributed by atoms with Crippen molar-refractivity contribution in [3.05, 3.63) is 29.8 Å². The Bertz CT molecular complexity index is 585. The number of anilines is 1. The Morgan fingerprint density at radius 3 is 2.57 bits per heavy atom. The van der Waals surface area contributed by atoms with Gasteiger partial charge in [0.05, 0.1) is 13.5 Å². The van der Waals surface area contributed by atoms with E-state index in [9.17, 15) is 14.4 Å². The third kappa shape index (κ3) is 4.98. The first-order chi connectivity index (χ1) is 11.0. The standard InChI is InChI=1S/C16H21N3O4/c1-11(20)17-13-5-3-12(4-6-13)9-15(21)18-14-7-8-19(10-14)16(22)23-2/h3-6,14H,7-10H2,1-2H3,(H,17,20)(H,18,21)/t14-/m0/s1. The van der Waals surface area contributed by atoms with Gasteiger partial charge in [-0.05, 0) is 24.1 Å². The molecule has 3 amide bonds. The molecule has 1 aromatic carbocycles. The fraction of sp³-hybridized carbons (Fsp3) is 0.438. The molecule has 0 spiro atoms. The Morgan fingerprint density at radius 1 is 1.26 bits per heavy atom. The highest BCUT2D eigenvalue weighted by Crippen LogP contribution is 2.12. The molecule has 1 fully saturated rings. The maximum Gasteiger partial charge on any atom is 0.409 e. The number of hydrogen-bond acceptors (Lipinski definition) is 4. The fourth-order valence-corrected chi connectivity index (χ4v) is 2.55. The van der Waals surface area contributed by atoms with Crippen molar-refractivity contribution in [2.45, 2.75) is 25.8 Å². The van der Waals surface area contributed by atoms with Crippen LogP contribution in [-0.2, 0) is 20.7 Å². The number of hydrogen-bond donors (Lipinski definition) is 2. The van der Waals surface area contributed by atoms with E-state index in [-0.39, 0.29) is 30.4 Å². The van der Waals surface area contributed by atoms with E-state index in [2.05, 4.69) is 15.4 Å². The minimum Gasteiger partial charge on any atom is -0.453 e. The second-order valence-electron chi connectivity index (χ2n) is 5.52. The second-order valence-corrected chi connectivity index (χ2v) is 5.52. The molecule has 0 aliphatic carbocycles. The summed E-state index contributed by atoms with van der Waals surface area (Å²) in [6.07, 6.45) is 0.618. The van der Waals surface area contributed by atoms with Crippen LogP contribution < -0.4 is 10.6 Å². The minimum absolute atomic E-state index is 0.0414. The van der Waals surface area contributed by atoms with Gasteiger partial charge in [-0.3, -0.25) is 9.59 Å². The molecule has 2 N–H and O–H groups in total. The van der Waals surface area contributed by atoms with Crippen molar-refractivity contribution in [1.82, 2.24) is 10.2 Å². The van der Waals surface area contributed by atoms with Gasteiger partial charge in [-0.2, -0.15) is 0 Å². The lowest BCUT2D eigenvalue weighted by molar-refractivity contribution is -0.121. The van der Waals surface area contributed by atoms with E-state index in [0.29, 0.717) is 18.8 Å². The first-order valence-corrected chi connectivity index (χ1v) is 7.46. The molecule has 1 heterocycles. The van der Waals surface area contributed by atoms with Gasteiger partial charge in [0.2, 0.25) is 11.8 Å². The third-order valence-electron chi connectivity index (χ3n) is 3.63. The fourth-order valence-electron chi connectivity index (χ4n) is 2.55. The highest BCUT2D eigenvalue weighted by Gasteiger charge is 2.27. The Kier molecular flexibility index (Phi) is 5.56. The first kappa shape index (κ1) is 16.8. The lowest BCUT2D eigenvalue weighted by atomic mass is 10.1. The summed E-state index contributed by atoms with van der Waals surface area (Å²) in [5.74, 6) is -0.221. The van der Waals surface area contributed by atoms with E-state index < -0.39 is 0 Å². The number of nitrogens with one attached hydrogen (secondary N) is 2. The van der Waals surface area contributed by atoms with Crippen LogP contribution in [0.5, 0.6) is 0 Å². The number of methoxy groups -OCH3 is 1. The topological polar surface area (TPSA) is 87.7 Å². The normalized spacial score (nSPS) is 16.8. The van der Waals surface area contributed by atoms with Crippen LogP contribution >= 0.6 is 0 Å². The third-order valence-corrected chi connectivity index (χ3v) is 3.63. The second kappa shape index (κ2) is 7.62. The van der Waals surface area contributed by atoms with Crippen LogP contribution in [0, 0.1) is 0 Å². The van der Waals surface area contributed by atoms with E-state index in [4.69, 9.17) is 0 Å². The molecule has 0 saturated carbocycles. The van der Waals surface area contributed by atoms with Gasteiger partial charge in [0, 0.05) is 31.7 Å². The van der Waals surface area contributed by atoms with Crippen LogP contribution in [0.4, 0.5) is 10.5 Å². The first-order valence-electron chi connectivity index (χ1n) is 7.46. The molecule has 23 heavy (non-hydrogen) atoms. The van der Waals surface area contributed by atoms with E-state index in [0.717, 1.165) is 12.0 Å². The van der Waals surface area contributed by atoms with Crippen LogP contribution in [0.25, 0.3) is 0 Å². The molecule has 0 aromatic heterocycles. The van der Waals surface area contributed by atoms with Crippen molar-refractivity contribution in [3.63, 3.8) is 0 Å². The molecular formula is C16H21N3O4. The molecule has 2 rings (SSSR count). The maximum atomic E-state index is 12.1. The number of nitrogens with zero attached hydrogens (tertiary/aromatic N) is 1. The molecule has 1 atom stereocenters. The minimum atomic E-state index is -0.365. The van der Waals surface area contributed by atoms with Gasteiger partial charge in [0.25, 0.3) is 0 Å². The largest absolute Gasteiger partial charge is 0.453 e. The van der Waals surface area contributed by atoms with Gasteiger partial charge >= 0.3 is 6.09 Å². The molecule has 0 unspecified atom stereocenters. The molecule has 1 aliphatic heterocycles. The van der Waals surface area contributed by atoms with Gasteiger partial charge in [0.15, 0.2) is 0 Å². The molecule has 124 valence electrons. The highest BCUT2D eigenvalue weighted by atomic mass is 16.5. The maximum absolute atomic E-state index is 12.1. The average molecular weight is 319 g/mol. The average Bonchev–Trinajstić information content (AvgIpc) is 2.96. The van der Waals surface area contributed by atoms with Gasteiger partial charge in [-0.25, -0.2) is 4.79 Å². The predicted molar refractivity (Wildman–Crippen MR) is 85.0 cm³/mol.